The molecule has 0 aliphatic carbocycles. The van der Waals surface area contributed by atoms with Crippen molar-refractivity contribution >= 4 is 11.8 Å². The average molecular weight is 286 g/mol. The van der Waals surface area contributed by atoms with Crippen LogP contribution in [0.2, 0.25) is 0 Å². The number of carbonyl (C=O) groups is 2. The van der Waals surface area contributed by atoms with Crippen LogP contribution < -0.4 is 0 Å². The molecule has 0 spiro atoms. The summed E-state index contributed by atoms with van der Waals surface area (Å²) in [5.74, 6) is -0.369. The Kier molecular flexibility index (Phi) is 4.28. The van der Waals surface area contributed by atoms with E-state index in [1.54, 1.807) is 19.9 Å². The summed E-state index contributed by atoms with van der Waals surface area (Å²) < 4.78 is 0. The van der Waals surface area contributed by atoms with E-state index < -0.39 is 0 Å². The molecule has 1 aromatic carbocycles. The van der Waals surface area contributed by atoms with Crippen LogP contribution in [-0.4, -0.2) is 27.4 Å². The van der Waals surface area contributed by atoms with Crippen molar-refractivity contribution in [2.45, 2.75) is 46.2 Å². The fourth-order valence-corrected chi connectivity index (χ4v) is 2.50. The monoisotopic (exact) mass is 286 g/mol. The molecule has 1 saturated heterocycles. The Morgan fingerprint density at radius 3 is 2.48 bits per heavy atom. The lowest BCUT2D eigenvalue weighted by atomic mass is 10.0. The normalized spacial score (nSPS) is 19.1. The topological polar surface area (TPSA) is 40.6 Å². The maximum atomic E-state index is 12.5. The highest BCUT2D eigenvalue weighted by Gasteiger charge is 2.46. The van der Waals surface area contributed by atoms with Crippen LogP contribution in [0, 0.1) is 0 Å². The van der Waals surface area contributed by atoms with Gasteiger partial charge in [-0.1, -0.05) is 36.4 Å². The number of rotatable bonds is 3. The Hall–Kier alpha value is -1.94. The van der Waals surface area contributed by atoms with Gasteiger partial charge in [0.05, 0.1) is 0 Å². The molecule has 0 aromatic heterocycles. The molecule has 1 fully saturated rings. The summed E-state index contributed by atoms with van der Waals surface area (Å²) in [5, 5.41) is 3.18. The molecule has 2 amide bonds. The van der Waals surface area contributed by atoms with Crippen molar-refractivity contribution in [2.24, 2.45) is 0 Å². The zero-order chi connectivity index (χ0) is 15.6. The van der Waals surface area contributed by atoms with Gasteiger partial charge in [0.2, 0.25) is 5.91 Å². The van der Waals surface area contributed by atoms with Crippen molar-refractivity contribution in [1.82, 2.24) is 10.0 Å². The molecule has 0 atom stereocenters. The first-order valence-electron chi connectivity index (χ1n) is 7.18. The van der Waals surface area contributed by atoms with E-state index in [1.807, 2.05) is 49.2 Å². The second-order valence-corrected chi connectivity index (χ2v) is 6.01. The fourth-order valence-electron chi connectivity index (χ4n) is 2.50. The lowest BCUT2D eigenvalue weighted by Crippen LogP contribution is -2.49. The zero-order valence-corrected chi connectivity index (χ0v) is 13.1. The largest absolute Gasteiger partial charge is 0.273 e. The number of hydrazine groups is 1. The van der Waals surface area contributed by atoms with Crippen LogP contribution in [0.15, 0.2) is 42.0 Å². The first-order valence-corrected chi connectivity index (χ1v) is 7.18. The molecule has 1 aromatic rings. The van der Waals surface area contributed by atoms with Gasteiger partial charge in [-0.2, -0.15) is 0 Å². The van der Waals surface area contributed by atoms with Gasteiger partial charge in [0, 0.05) is 24.1 Å². The summed E-state index contributed by atoms with van der Waals surface area (Å²) in [6, 6.07) is 9.89. The molecule has 4 nitrogen and oxygen atoms in total. The van der Waals surface area contributed by atoms with Crippen LogP contribution in [0.1, 0.15) is 39.7 Å². The maximum absolute atomic E-state index is 12.5. The van der Waals surface area contributed by atoms with Gasteiger partial charge >= 0.3 is 0 Å². The van der Waals surface area contributed by atoms with Crippen LogP contribution in [0.5, 0.6) is 0 Å². The molecule has 0 radical (unpaired) electrons. The first-order chi connectivity index (χ1) is 9.86. The molecule has 1 heterocycles. The van der Waals surface area contributed by atoms with E-state index in [9.17, 15) is 9.59 Å². The quantitative estimate of drug-likeness (QED) is 0.802. The van der Waals surface area contributed by atoms with Gasteiger partial charge in [-0.05, 0) is 33.3 Å². The molecule has 2 rings (SSSR count). The zero-order valence-electron chi connectivity index (χ0n) is 13.1. The molecule has 21 heavy (non-hydrogen) atoms. The van der Waals surface area contributed by atoms with Crippen molar-refractivity contribution in [3.63, 3.8) is 0 Å². The van der Waals surface area contributed by atoms with Gasteiger partial charge in [-0.3, -0.25) is 9.59 Å². The van der Waals surface area contributed by atoms with Gasteiger partial charge in [-0.15, -0.1) is 0 Å². The van der Waals surface area contributed by atoms with Gasteiger partial charge in [0.1, 0.15) is 0 Å². The van der Waals surface area contributed by atoms with E-state index in [0.717, 1.165) is 5.56 Å². The van der Waals surface area contributed by atoms with Crippen molar-refractivity contribution in [3.05, 3.63) is 47.5 Å². The predicted octanol–water partition coefficient (Wildman–Crippen LogP) is 2.91. The van der Waals surface area contributed by atoms with Crippen molar-refractivity contribution in [2.75, 3.05) is 0 Å². The van der Waals surface area contributed by atoms with E-state index in [0.29, 0.717) is 18.5 Å². The van der Waals surface area contributed by atoms with Crippen LogP contribution in [0.4, 0.5) is 0 Å². The van der Waals surface area contributed by atoms with Crippen LogP contribution >= 0.6 is 0 Å². The SMILES string of the molecule is C/C=C(\C)C(=O)N1C(=O)CC(C)(C)N1Cc1ccccc1. The number of allylic oxidation sites excluding steroid dienone is 1. The number of hydrogen-bond acceptors (Lipinski definition) is 3. The second-order valence-electron chi connectivity index (χ2n) is 6.01. The van der Waals surface area contributed by atoms with Gasteiger partial charge < -0.3 is 0 Å². The molecule has 0 unspecified atom stereocenters. The predicted molar refractivity (Wildman–Crippen MR) is 82.0 cm³/mol. The Labute approximate surface area is 126 Å². The molecule has 1 aliphatic heterocycles. The highest BCUT2D eigenvalue weighted by atomic mass is 16.2. The Bertz CT molecular complexity index is 576. The minimum absolute atomic E-state index is 0.137. The molecule has 112 valence electrons. The van der Waals surface area contributed by atoms with E-state index in [-0.39, 0.29) is 17.4 Å². The van der Waals surface area contributed by atoms with E-state index in [2.05, 4.69) is 0 Å². The van der Waals surface area contributed by atoms with E-state index in [4.69, 9.17) is 0 Å². The third-order valence-electron chi connectivity index (χ3n) is 3.90. The summed E-state index contributed by atoms with van der Waals surface area (Å²) in [5.41, 5.74) is 1.30. The van der Waals surface area contributed by atoms with Gasteiger partial charge in [-0.25, -0.2) is 10.0 Å². The number of nitrogens with zero attached hydrogens (tertiary/aromatic N) is 2. The van der Waals surface area contributed by atoms with Crippen LogP contribution in [-0.2, 0) is 16.1 Å². The van der Waals surface area contributed by atoms with E-state index >= 15 is 0 Å². The maximum Gasteiger partial charge on any atom is 0.270 e. The Morgan fingerprint density at radius 1 is 1.29 bits per heavy atom. The minimum Gasteiger partial charge on any atom is -0.273 e. The van der Waals surface area contributed by atoms with Crippen molar-refractivity contribution in [1.29, 1.82) is 0 Å². The molecule has 4 heteroatoms. The standard InChI is InChI=1S/C17H22N2O2/c1-5-13(2)16(21)19-15(20)11-17(3,4)18(19)12-14-9-7-6-8-10-14/h5-10H,11-12H2,1-4H3/b13-5+. The Morgan fingerprint density at radius 2 is 1.90 bits per heavy atom. The van der Waals surface area contributed by atoms with E-state index in [1.165, 1.54) is 5.01 Å². The van der Waals surface area contributed by atoms with Crippen LogP contribution in [0.3, 0.4) is 0 Å². The minimum atomic E-state index is -0.364. The first kappa shape index (κ1) is 15.4. The molecule has 1 aliphatic rings. The highest BCUT2D eigenvalue weighted by molar-refractivity contribution is 6.04. The third kappa shape index (κ3) is 3.05. The summed E-state index contributed by atoms with van der Waals surface area (Å²) in [6.07, 6.45) is 2.09. The van der Waals surface area contributed by atoms with Crippen molar-refractivity contribution in [3.8, 4) is 0 Å². The lowest BCUT2D eigenvalue weighted by molar-refractivity contribution is -0.157. The molecule has 0 bridgehead atoms. The summed E-state index contributed by atoms with van der Waals surface area (Å²) in [7, 11) is 0. The smallest absolute Gasteiger partial charge is 0.270 e. The summed E-state index contributed by atoms with van der Waals surface area (Å²) in [4.78, 5) is 24.8. The lowest BCUT2D eigenvalue weighted by Gasteiger charge is -2.35. The molecular weight excluding hydrogens is 264 g/mol. The second kappa shape index (κ2) is 5.82. The summed E-state index contributed by atoms with van der Waals surface area (Å²) >= 11 is 0. The van der Waals surface area contributed by atoms with Gasteiger partial charge in [0.25, 0.3) is 5.91 Å². The number of benzene rings is 1. The number of carbonyl (C=O) groups excluding carboxylic acids is 2. The number of amides is 2. The molecular formula is C17H22N2O2. The number of imide groups is 1. The fraction of sp³-hybridized carbons (Fsp3) is 0.412. The van der Waals surface area contributed by atoms with Crippen molar-refractivity contribution < 1.29 is 9.59 Å². The van der Waals surface area contributed by atoms with Crippen LogP contribution in [0.25, 0.3) is 0 Å². The molecule has 0 N–H and O–H groups in total. The summed E-state index contributed by atoms with van der Waals surface area (Å²) in [6.45, 7) is 8.07. The van der Waals surface area contributed by atoms with Gasteiger partial charge in [0.15, 0.2) is 0 Å². The number of hydrogen-bond donors (Lipinski definition) is 0. The Balaban J connectivity index is 2.33. The third-order valence-corrected chi connectivity index (χ3v) is 3.90. The average Bonchev–Trinajstić information content (AvgIpc) is 2.67. The highest BCUT2D eigenvalue weighted by Crippen LogP contribution is 2.32. The molecule has 0 saturated carbocycles.